The van der Waals surface area contributed by atoms with Gasteiger partial charge in [0, 0.05) is 13.0 Å². The van der Waals surface area contributed by atoms with Gasteiger partial charge in [-0.2, -0.15) is 0 Å². The van der Waals surface area contributed by atoms with Gasteiger partial charge in [-0.05, 0) is 0 Å². The summed E-state index contributed by atoms with van der Waals surface area (Å²) in [7, 11) is -4.47. The summed E-state index contributed by atoms with van der Waals surface area (Å²) in [4.78, 5) is 8.71. The molecule has 1 aromatic heterocycles. The quantitative estimate of drug-likeness (QED) is 0.477. The standard InChI is InChI=1S/C9H8FN5O5S/c1-4-12-13-9(20-4)14-21(18,19)8-6(10)2-5(15(16)17)3-7(8)11/h2-3H,11H2,1H3,(H,13,14). The maximum atomic E-state index is 13.8. The minimum atomic E-state index is -4.47. The molecule has 12 heteroatoms. The Hall–Kier alpha value is -2.76. The van der Waals surface area contributed by atoms with Gasteiger partial charge in [0.25, 0.3) is 15.7 Å². The average Bonchev–Trinajstić information content (AvgIpc) is 2.72. The number of aromatic nitrogens is 2. The van der Waals surface area contributed by atoms with E-state index in [0.717, 1.165) is 6.07 Å². The number of hydrogen-bond acceptors (Lipinski definition) is 8. The molecule has 1 aromatic carbocycles. The smallest absolute Gasteiger partial charge is 0.329 e. The van der Waals surface area contributed by atoms with Gasteiger partial charge in [0.15, 0.2) is 5.82 Å². The van der Waals surface area contributed by atoms with Crippen LogP contribution < -0.4 is 10.5 Å². The minimum absolute atomic E-state index is 0.0878. The zero-order valence-corrected chi connectivity index (χ0v) is 11.2. The molecule has 112 valence electrons. The Morgan fingerprint density at radius 2 is 2.10 bits per heavy atom. The number of nitrogen functional groups attached to an aromatic ring is 1. The van der Waals surface area contributed by atoms with E-state index in [1.54, 1.807) is 0 Å². The molecule has 0 aliphatic heterocycles. The third kappa shape index (κ3) is 2.89. The van der Waals surface area contributed by atoms with Crippen molar-refractivity contribution in [3.8, 4) is 0 Å². The molecular weight excluding hydrogens is 309 g/mol. The van der Waals surface area contributed by atoms with Crippen molar-refractivity contribution in [2.24, 2.45) is 0 Å². The molecule has 10 nitrogen and oxygen atoms in total. The molecule has 21 heavy (non-hydrogen) atoms. The Balaban J connectivity index is 2.47. The summed E-state index contributed by atoms with van der Waals surface area (Å²) in [5, 5.41) is 17.3. The summed E-state index contributed by atoms with van der Waals surface area (Å²) in [6, 6.07) is 0.699. The van der Waals surface area contributed by atoms with Crippen LogP contribution in [-0.2, 0) is 10.0 Å². The molecule has 2 rings (SSSR count). The van der Waals surface area contributed by atoms with Crippen LogP contribution in [0.1, 0.15) is 5.89 Å². The van der Waals surface area contributed by atoms with Crippen molar-refractivity contribution in [1.29, 1.82) is 0 Å². The molecule has 0 aliphatic carbocycles. The molecule has 1 heterocycles. The van der Waals surface area contributed by atoms with Crippen molar-refractivity contribution in [3.05, 3.63) is 34.0 Å². The van der Waals surface area contributed by atoms with Gasteiger partial charge in [-0.1, -0.05) is 5.10 Å². The second-order valence-electron chi connectivity index (χ2n) is 3.83. The van der Waals surface area contributed by atoms with Crippen molar-refractivity contribution >= 4 is 27.4 Å². The summed E-state index contributed by atoms with van der Waals surface area (Å²) < 4.78 is 44.4. The lowest BCUT2D eigenvalue weighted by molar-refractivity contribution is -0.385. The average molecular weight is 317 g/mol. The SMILES string of the molecule is Cc1nnc(NS(=O)(=O)c2c(N)cc([N+](=O)[O-])cc2F)o1. The lowest BCUT2D eigenvalue weighted by Crippen LogP contribution is -2.17. The number of hydrogen-bond donors (Lipinski definition) is 2. The zero-order chi connectivity index (χ0) is 15.8. The van der Waals surface area contributed by atoms with Crippen molar-refractivity contribution in [3.63, 3.8) is 0 Å². The van der Waals surface area contributed by atoms with Crippen molar-refractivity contribution < 1.29 is 22.1 Å². The van der Waals surface area contributed by atoms with Crippen molar-refractivity contribution in [2.45, 2.75) is 11.8 Å². The van der Waals surface area contributed by atoms with Gasteiger partial charge in [-0.3, -0.25) is 10.1 Å². The van der Waals surface area contributed by atoms with E-state index in [4.69, 9.17) is 10.2 Å². The third-order valence-corrected chi connectivity index (χ3v) is 3.70. The first-order valence-corrected chi connectivity index (χ1v) is 6.75. The highest BCUT2D eigenvalue weighted by Crippen LogP contribution is 2.28. The second kappa shape index (κ2) is 4.97. The molecule has 0 unspecified atom stereocenters. The molecule has 0 saturated carbocycles. The number of nitrogens with one attached hydrogen (secondary N) is 1. The van der Waals surface area contributed by atoms with Crippen LogP contribution in [0, 0.1) is 22.9 Å². The first-order valence-electron chi connectivity index (χ1n) is 5.27. The Bertz CT molecular complexity index is 795. The number of rotatable bonds is 4. The van der Waals surface area contributed by atoms with Gasteiger partial charge in [-0.15, -0.1) is 5.10 Å². The Morgan fingerprint density at radius 1 is 1.43 bits per heavy atom. The zero-order valence-electron chi connectivity index (χ0n) is 10.4. The van der Waals surface area contributed by atoms with E-state index < -0.39 is 43.0 Å². The Kier molecular flexibility index (Phi) is 3.47. The maximum Gasteiger partial charge on any atom is 0.329 e. The normalized spacial score (nSPS) is 11.3. The molecule has 3 N–H and O–H groups in total. The van der Waals surface area contributed by atoms with Gasteiger partial charge in [0.1, 0.15) is 4.90 Å². The predicted octanol–water partition coefficient (Wildman–Crippen LogP) is 0.808. The molecule has 2 aromatic rings. The van der Waals surface area contributed by atoms with Gasteiger partial charge in [0.05, 0.1) is 16.7 Å². The van der Waals surface area contributed by atoms with Crippen molar-refractivity contribution in [1.82, 2.24) is 10.2 Å². The Labute approximate surface area is 117 Å². The molecule has 0 bridgehead atoms. The number of nitro groups is 1. The van der Waals surface area contributed by atoms with Crippen LogP contribution in [0.15, 0.2) is 21.4 Å². The van der Waals surface area contributed by atoms with Crippen LogP contribution in [0.2, 0.25) is 0 Å². The predicted molar refractivity (Wildman–Crippen MR) is 67.3 cm³/mol. The highest BCUT2D eigenvalue weighted by atomic mass is 32.2. The van der Waals surface area contributed by atoms with E-state index in [1.807, 2.05) is 4.72 Å². The van der Waals surface area contributed by atoms with Gasteiger partial charge >= 0.3 is 6.01 Å². The number of non-ortho nitro benzene ring substituents is 1. The number of nitrogens with two attached hydrogens (primary N) is 1. The highest BCUT2D eigenvalue weighted by molar-refractivity contribution is 7.92. The summed E-state index contributed by atoms with van der Waals surface area (Å²) in [5.74, 6) is -1.28. The van der Waals surface area contributed by atoms with E-state index >= 15 is 0 Å². The second-order valence-corrected chi connectivity index (χ2v) is 5.45. The Morgan fingerprint density at radius 3 is 2.57 bits per heavy atom. The molecule has 0 spiro atoms. The third-order valence-electron chi connectivity index (χ3n) is 2.28. The van der Waals surface area contributed by atoms with Crippen LogP contribution in [0.3, 0.4) is 0 Å². The van der Waals surface area contributed by atoms with E-state index in [2.05, 4.69) is 10.2 Å². The number of anilines is 2. The van der Waals surface area contributed by atoms with Crippen LogP contribution in [0.25, 0.3) is 0 Å². The van der Waals surface area contributed by atoms with E-state index in [0.29, 0.717) is 6.07 Å². The summed E-state index contributed by atoms with van der Waals surface area (Å²) >= 11 is 0. The molecule has 0 radical (unpaired) electrons. The monoisotopic (exact) mass is 317 g/mol. The fourth-order valence-corrected chi connectivity index (χ4v) is 2.59. The lowest BCUT2D eigenvalue weighted by Gasteiger charge is -2.08. The van der Waals surface area contributed by atoms with Gasteiger partial charge in [0.2, 0.25) is 5.89 Å². The molecule has 0 atom stereocenters. The molecular formula is C9H8FN5O5S. The molecule has 0 fully saturated rings. The fraction of sp³-hybridized carbons (Fsp3) is 0.111. The maximum absolute atomic E-state index is 13.8. The summed E-state index contributed by atoms with van der Waals surface area (Å²) in [5.41, 5.74) is 4.09. The topological polar surface area (TPSA) is 154 Å². The summed E-state index contributed by atoms with van der Waals surface area (Å²) in [6.07, 6.45) is 0. The largest absolute Gasteiger partial charge is 0.408 e. The van der Waals surface area contributed by atoms with Crippen molar-refractivity contribution in [2.75, 3.05) is 10.5 Å². The number of aryl methyl sites for hydroxylation is 1. The molecule has 0 saturated heterocycles. The van der Waals surface area contributed by atoms with Gasteiger partial charge < -0.3 is 10.2 Å². The highest BCUT2D eigenvalue weighted by Gasteiger charge is 2.27. The fourth-order valence-electron chi connectivity index (χ4n) is 1.49. The van der Waals surface area contributed by atoms with E-state index in [-0.39, 0.29) is 5.89 Å². The first-order chi connectivity index (χ1) is 9.70. The van der Waals surface area contributed by atoms with Crippen LogP contribution in [0.4, 0.5) is 21.8 Å². The number of benzene rings is 1. The van der Waals surface area contributed by atoms with Crippen LogP contribution >= 0.6 is 0 Å². The number of nitrogens with zero attached hydrogens (tertiary/aromatic N) is 3. The number of sulfonamides is 1. The van der Waals surface area contributed by atoms with Crippen LogP contribution in [0.5, 0.6) is 0 Å². The summed E-state index contributed by atoms with van der Waals surface area (Å²) in [6.45, 7) is 1.42. The molecule has 0 aliphatic rings. The lowest BCUT2D eigenvalue weighted by atomic mass is 10.3. The number of halogens is 1. The van der Waals surface area contributed by atoms with E-state index in [9.17, 15) is 22.9 Å². The van der Waals surface area contributed by atoms with Gasteiger partial charge in [-0.25, -0.2) is 17.5 Å². The van der Waals surface area contributed by atoms with Crippen LogP contribution in [-0.4, -0.2) is 23.5 Å². The van der Waals surface area contributed by atoms with E-state index in [1.165, 1.54) is 6.92 Å². The first kappa shape index (κ1) is 14.6. The molecule has 0 amide bonds. The minimum Gasteiger partial charge on any atom is -0.408 e. The number of nitro benzene ring substituents is 1.